The minimum absolute atomic E-state index is 0.0979. The summed E-state index contributed by atoms with van der Waals surface area (Å²) in [5.74, 6) is -1.16. The summed E-state index contributed by atoms with van der Waals surface area (Å²) in [6.07, 6.45) is 2.38. The van der Waals surface area contributed by atoms with Crippen molar-refractivity contribution in [3.63, 3.8) is 0 Å². The Kier molecular flexibility index (Phi) is 4.29. The van der Waals surface area contributed by atoms with Crippen molar-refractivity contribution in [3.05, 3.63) is 24.3 Å². The second kappa shape index (κ2) is 5.80. The van der Waals surface area contributed by atoms with Crippen LogP contribution in [0.15, 0.2) is 29.2 Å². The Labute approximate surface area is 118 Å². The largest absolute Gasteiger partial charge is 0.481 e. The standard InChI is InChI=1S/C13H18N2O4S/c1-14-20(18,19)10-7-5-9(6-8-10)15-12-4-2-3-11(12)13(16)17/h5-8,11-12,14-15H,2-4H2,1H3,(H,16,17). The van der Waals surface area contributed by atoms with E-state index in [0.29, 0.717) is 6.42 Å². The number of anilines is 1. The van der Waals surface area contributed by atoms with E-state index < -0.39 is 16.0 Å². The van der Waals surface area contributed by atoms with E-state index in [2.05, 4.69) is 10.0 Å². The molecule has 0 radical (unpaired) electrons. The summed E-state index contributed by atoms with van der Waals surface area (Å²) in [6.45, 7) is 0. The second-order valence-electron chi connectivity index (χ2n) is 4.86. The van der Waals surface area contributed by atoms with E-state index in [9.17, 15) is 13.2 Å². The van der Waals surface area contributed by atoms with Crippen LogP contribution in [-0.4, -0.2) is 32.6 Å². The van der Waals surface area contributed by atoms with Gasteiger partial charge in [-0.25, -0.2) is 13.1 Å². The Morgan fingerprint density at radius 3 is 2.45 bits per heavy atom. The van der Waals surface area contributed by atoms with Crippen LogP contribution in [0.2, 0.25) is 0 Å². The Bertz CT molecular complexity index is 583. The van der Waals surface area contributed by atoms with Gasteiger partial charge in [0.25, 0.3) is 0 Å². The zero-order valence-electron chi connectivity index (χ0n) is 11.2. The number of carboxylic acid groups (broad SMARTS) is 1. The number of sulfonamides is 1. The number of carbonyl (C=O) groups is 1. The van der Waals surface area contributed by atoms with Crippen LogP contribution in [0.1, 0.15) is 19.3 Å². The molecule has 1 aliphatic rings. The van der Waals surface area contributed by atoms with Gasteiger partial charge in [-0.2, -0.15) is 0 Å². The zero-order chi connectivity index (χ0) is 14.8. The number of aliphatic carboxylic acids is 1. The topological polar surface area (TPSA) is 95.5 Å². The Morgan fingerprint density at radius 2 is 1.90 bits per heavy atom. The van der Waals surface area contributed by atoms with Gasteiger partial charge in [-0.05, 0) is 44.2 Å². The molecule has 2 atom stereocenters. The van der Waals surface area contributed by atoms with Crippen molar-refractivity contribution in [3.8, 4) is 0 Å². The molecule has 0 amide bonds. The monoisotopic (exact) mass is 298 g/mol. The Morgan fingerprint density at radius 1 is 1.25 bits per heavy atom. The maximum Gasteiger partial charge on any atom is 0.308 e. The maximum absolute atomic E-state index is 11.6. The van der Waals surface area contributed by atoms with E-state index in [4.69, 9.17) is 5.11 Å². The van der Waals surface area contributed by atoms with E-state index >= 15 is 0 Å². The molecule has 6 nitrogen and oxygen atoms in total. The number of hydrogen-bond acceptors (Lipinski definition) is 4. The molecule has 20 heavy (non-hydrogen) atoms. The predicted molar refractivity (Wildman–Crippen MR) is 75.1 cm³/mol. The molecule has 0 bridgehead atoms. The van der Waals surface area contributed by atoms with Crippen LogP contribution >= 0.6 is 0 Å². The van der Waals surface area contributed by atoms with Gasteiger partial charge in [0.05, 0.1) is 10.8 Å². The molecule has 1 saturated carbocycles. The highest BCUT2D eigenvalue weighted by atomic mass is 32.2. The van der Waals surface area contributed by atoms with Crippen molar-refractivity contribution in [1.29, 1.82) is 0 Å². The molecule has 7 heteroatoms. The Hall–Kier alpha value is -1.60. The predicted octanol–water partition coefficient (Wildman–Crippen LogP) is 1.26. The summed E-state index contributed by atoms with van der Waals surface area (Å²) in [5.41, 5.74) is 0.734. The van der Waals surface area contributed by atoms with Gasteiger partial charge in [0.15, 0.2) is 0 Å². The first-order valence-corrected chi connectivity index (χ1v) is 7.95. The van der Waals surface area contributed by atoms with E-state index in [1.165, 1.54) is 19.2 Å². The number of rotatable bonds is 5. The van der Waals surface area contributed by atoms with Crippen molar-refractivity contribution in [2.24, 2.45) is 5.92 Å². The van der Waals surface area contributed by atoms with Crippen LogP contribution < -0.4 is 10.0 Å². The van der Waals surface area contributed by atoms with Gasteiger partial charge in [0.2, 0.25) is 10.0 Å². The third kappa shape index (κ3) is 3.10. The molecule has 2 unspecified atom stereocenters. The molecule has 0 spiro atoms. The average molecular weight is 298 g/mol. The van der Waals surface area contributed by atoms with Crippen molar-refractivity contribution in [2.75, 3.05) is 12.4 Å². The highest BCUT2D eigenvalue weighted by molar-refractivity contribution is 7.89. The fourth-order valence-corrected chi connectivity index (χ4v) is 3.22. The lowest BCUT2D eigenvalue weighted by atomic mass is 10.0. The molecule has 2 rings (SSSR count). The lowest BCUT2D eigenvalue weighted by molar-refractivity contribution is -0.141. The molecule has 0 aliphatic heterocycles. The lowest BCUT2D eigenvalue weighted by Gasteiger charge is -2.19. The molecule has 0 heterocycles. The molecule has 1 fully saturated rings. The molecule has 1 aliphatic carbocycles. The third-order valence-electron chi connectivity index (χ3n) is 3.62. The highest BCUT2D eigenvalue weighted by Crippen LogP contribution is 2.29. The number of hydrogen-bond donors (Lipinski definition) is 3. The first-order chi connectivity index (χ1) is 9.44. The molecule has 1 aromatic carbocycles. The fraction of sp³-hybridized carbons (Fsp3) is 0.462. The molecule has 0 saturated heterocycles. The van der Waals surface area contributed by atoms with Crippen molar-refractivity contribution in [1.82, 2.24) is 4.72 Å². The van der Waals surface area contributed by atoms with Crippen LogP contribution in [0.25, 0.3) is 0 Å². The molecular weight excluding hydrogens is 280 g/mol. The minimum Gasteiger partial charge on any atom is -0.481 e. The van der Waals surface area contributed by atoms with Gasteiger partial charge in [-0.15, -0.1) is 0 Å². The van der Waals surface area contributed by atoms with Gasteiger partial charge in [0.1, 0.15) is 0 Å². The summed E-state index contributed by atoms with van der Waals surface area (Å²) < 4.78 is 25.4. The van der Waals surface area contributed by atoms with Crippen molar-refractivity contribution < 1.29 is 18.3 Å². The summed E-state index contributed by atoms with van der Waals surface area (Å²) in [4.78, 5) is 11.3. The van der Waals surface area contributed by atoms with Crippen molar-refractivity contribution >= 4 is 21.7 Å². The molecule has 3 N–H and O–H groups in total. The quantitative estimate of drug-likeness (QED) is 0.760. The van der Waals surface area contributed by atoms with Crippen LogP contribution in [0.4, 0.5) is 5.69 Å². The number of carboxylic acids is 1. The minimum atomic E-state index is -3.44. The van der Waals surface area contributed by atoms with Crippen LogP contribution in [0.3, 0.4) is 0 Å². The highest BCUT2D eigenvalue weighted by Gasteiger charge is 2.32. The molecular formula is C13H18N2O4S. The van der Waals surface area contributed by atoms with Crippen LogP contribution in [0, 0.1) is 5.92 Å². The van der Waals surface area contributed by atoms with Crippen LogP contribution in [0.5, 0.6) is 0 Å². The van der Waals surface area contributed by atoms with E-state index in [1.807, 2.05) is 0 Å². The van der Waals surface area contributed by atoms with Gasteiger partial charge in [-0.1, -0.05) is 6.42 Å². The van der Waals surface area contributed by atoms with Crippen molar-refractivity contribution in [2.45, 2.75) is 30.2 Å². The van der Waals surface area contributed by atoms with Gasteiger partial charge < -0.3 is 10.4 Å². The van der Waals surface area contributed by atoms with E-state index in [1.54, 1.807) is 12.1 Å². The molecule has 0 aromatic heterocycles. The van der Waals surface area contributed by atoms with Crippen LogP contribution in [-0.2, 0) is 14.8 Å². The molecule has 1 aromatic rings. The summed E-state index contributed by atoms with van der Waals surface area (Å²) in [5, 5.41) is 12.3. The second-order valence-corrected chi connectivity index (χ2v) is 6.74. The summed E-state index contributed by atoms with van der Waals surface area (Å²) in [7, 11) is -2.08. The third-order valence-corrected chi connectivity index (χ3v) is 5.05. The Balaban J connectivity index is 2.10. The number of benzene rings is 1. The first kappa shape index (κ1) is 14.8. The van der Waals surface area contributed by atoms with E-state index in [0.717, 1.165) is 18.5 Å². The first-order valence-electron chi connectivity index (χ1n) is 6.47. The fourth-order valence-electron chi connectivity index (χ4n) is 2.49. The lowest BCUT2D eigenvalue weighted by Crippen LogP contribution is -2.29. The molecule has 110 valence electrons. The van der Waals surface area contributed by atoms with E-state index in [-0.39, 0.29) is 16.9 Å². The average Bonchev–Trinajstić information content (AvgIpc) is 2.88. The zero-order valence-corrected chi connectivity index (χ0v) is 12.0. The summed E-state index contributed by atoms with van der Waals surface area (Å²) >= 11 is 0. The smallest absolute Gasteiger partial charge is 0.308 e. The van der Waals surface area contributed by atoms with Gasteiger partial charge in [0, 0.05) is 11.7 Å². The van der Waals surface area contributed by atoms with Gasteiger partial charge >= 0.3 is 5.97 Å². The summed E-state index contributed by atoms with van der Waals surface area (Å²) in [6, 6.07) is 6.21. The normalized spacial score (nSPS) is 22.6. The maximum atomic E-state index is 11.6. The number of nitrogens with one attached hydrogen (secondary N) is 2. The SMILES string of the molecule is CNS(=O)(=O)c1ccc(NC2CCCC2C(=O)O)cc1. The van der Waals surface area contributed by atoms with Gasteiger partial charge in [-0.3, -0.25) is 4.79 Å².